The Morgan fingerprint density at radius 3 is 2.29 bits per heavy atom. The van der Waals surface area contributed by atoms with Gasteiger partial charge in [0.15, 0.2) is 0 Å². The molecule has 17 heavy (non-hydrogen) atoms. The Kier molecular flexibility index (Phi) is 4.55. The lowest BCUT2D eigenvalue weighted by Crippen LogP contribution is -2.42. The molecule has 0 amide bonds. The number of ether oxygens (including phenoxy) is 1. The van der Waals surface area contributed by atoms with E-state index in [2.05, 4.69) is 6.92 Å². The summed E-state index contributed by atoms with van der Waals surface area (Å²) in [5.41, 5.74) is -0.955. The van der Waals surface area contributed by atoms with E-state index in [9.17, 15) is 4.79 Å². The minimum absolute atomic E-state index is 0.225. The van der Waals surface area contributed by atoms with Crippen molar-refractivity contribution in [3.63, 3.8) is 0 Å². The number of rotatable bonds is 3. The molecule has 1 fully saturated rings. The van der Waals surface area contributed by atoms with Crippen LogP contribution in [0.4, 0.5) is 0 Å². The van der Waals surface area contributed by atoms with Gasteiger partial charge in [0.25, 0.3) is 0 Å². The normalized spacial score (nSPS) is 30.1. The highest BCUT2D eigenvalue weighted by atomic mass is 16.6. The molecule has 0 radical (unpaired) electrons. The van der Waals surface area contributed by atoms with Crippen molar-refractivity contribution in [3.05, 3.63) is 0 Å². The minimum atomic E-state index is -0.505. The van der Waals surface area contributed by atoms with Crippen molar-refractivity contribution in [1.82, 2.24) is 0 Å². The Hall–Kier alpha value is -0.610. The summed E-state index contributed by atoms with van der Waals surface area (Å²) in [6.45, 7) is 7.81. The predicted octanol–water partition coefficient (Wildman–Crippen LogP) is 2.56. The van der Waals surface area contributed by atoms with Gasteiger partial charge in [-0.1, -0.05) is 6.92 Å². The van der Waals surface area contributed by atoms with E-state index in [1.165, 1.54) is 0 Å². The van der Waals surface area contributed by atoms with Gasteiger partial charge in [0.2, 0.25) is 0 Å². The average Bonchev–Trinajstić information content (AvgIpc) is 2.19. The van der Waals surface area contributed by atoms with Crippen molar-refractivity contribution in [1.29, 1.82) is 0 Å². The lowest BCUT2D eigenvalue weighted by atomic mass is 9.78. The van der Waals surface area contributed by atoms with Crippen LogP contribution < -0.4 is 5.90 Å². The Morgan fingerprint density at radius 2 is 1.88 bits per heavy atom. The van der Waals surface area contributed by atoms with Gasteiger partial charge in [-0.2, -0.15) is 0 Å². The Morgan fingerprint density at radius 1 is 1.35 bits per heavy atom. The van der Waals surface area contributed by atoms with Gasteiger partial charge in [-0.25, -0.2) is 5.90 Å². The molecule has 0 bridgehead atoms. The van der Waals surface area contributed by atoms with Crippen LogP contribution in [-0.2, 0) is 14.4 Å². The highest BCUT2D eigenvalue weighted by Crippen LogP contribution is 2.36. The third-order valence-corrected chi connectivity index (χ3v) is 3.32. The van der Waals surface area contributed by atoms with Gasteiger partial charge in [0.1, 0.15) is 5.60 Å². The molecule has 0 saturated heterocycles. The molecule has 0 unspecified atom stereocenters. The summed E-state index contributed by atoms with van der Waals surface area (Å²) in [6.07, 6.45) is 4.04. The van der Waals surface area contributed by atoms with Gasteiger partial charge >= 0.3 is 5.97 Å². The zero-order valence-corrected chi connectivity index (χ0v) is 11.4. The van der Waals surface area contributed by atoms with Crippen LogP contribution in [0.3, 0.4) is 0 Å². The standard InChI is InChI=1S/C13H25NO3/c1-10-5-7-13(17-14,8-6-10)9-11(15)16-12(2,3)4/h10H,5-9,14H2,1-4H3. The van der Waals surface area contributed by atoms with Crippen LogP contribution >= 0.6 is 0 Å². The Labute approximate surface area is 104 Å². The number of esters is 1. The first-order valence-electron chi connectivity index (χ1n) is 6.36. The minimum Gasteiger partial charge on any atom is -0.460 e. The molecular formula is C13H25NO3. The topological polar surface area (TPSA) is 61.5 Å². The summed E-state index contributed by atoms with van der Waals surface area (Å²) < 4.78 is 5.32. The molecule has 0 aromatic carbocycles. The molecule has 1 aliphatic carbocycles. The third-order valence-electron chi connectivity index (χ3n) is 3.32. The summed E-state index contributed by atoms with van der Waals surface area (Å²) in [6, 6.07) is 0. The smallest absolute Gasteiger partial charge is 0.309 e. The van der Waals surface area contributed by atoms with Crippen LogP contribution in [0, 0.1) is 5.92 Å². The van der Waals surface area contributed by atoms with Crippen molar-refractivity contribution < 1.29 is 14.4 Å². The van der Waals surface area contributed by atoms with Crippen LogP contribution in [0.15, 0.2) is 0 Å². The SMILES string of the molecule is CC1CCC(CC(=O)OC(C)(C)C)(ON)CC1. The molecule has 100 valence electrons. The number of carbonyl (C=O) groups is 1. The summed E-state index contributed by atoms with van der Waals surface area (Å²) >= 11 is 0. The highest BCUT2D eigenvalue weighted by Gasteiger charge is 2.38. The lowest BCUT2D eigenvalue weighted by Gasteiger charge is -2.37. The zero-order valence-electron chi connectivity index (χ0n) is 11.4. The fourth-order valence-electron chi connectivity index (χ4n) is 2.27. The maximum Gasteiger partial charge on any atom is 0.309 e. The van der Waals surface area contributed by atoms with E-state index in [0.29, 0.717) is 5.92 Å². The monoisotopic (exact) mass is 243 g/mol. The largest absolute Gasteiger partial charge is 0.460 e. The molecular weight excluding hydrogens is 218 g/mol. The molecule has 0 heterocycles. The van der Waals surface area contributed by atoms with Gasteiger partial charge < -0.3 is 4.74 Å². The fraction of sp³-hybridized carbons (Fsp3) is 0.923. The van der Waals surface area contributed by atoms with Crippen molar-refractivity contribution >= 4 is 5.97 Å². The van der Waals surface area contributed by atoms with E-state index in [-0.39, 0.29) is 12.4 Å². The number of hydrogen-bond acceptors (Lipinski definition) is 4. The van der Waals surface area contributed by atoms with E-state index in [4.69, 9.17) is 15.5 Å². The maximum atomic E-state index is 11.8. The van der Waals surface area contributed by atoms with Crippen LogP contribution in [0.1, 0.15) is 59.8 Å². The van der Waals surface area contributed by atoms with Gasteiger partial charge in [0, 0.05) is 0 Å². The van der Waals surface area contributed by atoms with Crippen molar-refractivity contribution in [2.24, 2.45) is 11.8 Å². The summed E-state index contributed by atoms with van der Waals surface area (Å²) in [4.78, 5) is 16.9. The molecule has 4 heteroatoms. The molecule has 0 aromatic rings. The first kappa shape index (κ1) is 14.5. The first-order valence-corrected chi connectivity index (χ1v) is 6.36. The second-order valence-electron chi connectivity index (χ2n) is 6.25. The van der Waals surface area contributed by atoms with E-state index >= 15 is 0 Å². The van der Waals surface area contributed by atoms with E-state index in [1.54, 1.807) is 0 Å². The second-order valence-corrected chi connectivity index (χ2v) is 6.25. The lowest BCUT2D eigenvalue weighted by molar-refractivity contribution is -0.166. The number of nitrogens with two attached hydrogens (primary N) is 1. The average molecular weight is 243 g/mol. The molecule has 1 saturated carbocycles. The van der Waals surface area contributed by atoms with E-state index < -0.39 is 11.2 Å². The van der Waals surface area contributed by atoms with Crippen LogP contribution in [0.25, 0.3) is 0 Å². The van der Waals surface area contributed by atoms with Crippen molar-refractivity contribution in [2.75, 3.05) is 0 Å². The number of hydrogen-bond donors (Lipinski definition) is 1. The summed E-state index contributed by atoms with van der Waals surface area (Å²) in [7, 11) is 0. The molecule has 0 aliphatic heterocycles. The first-order chi connectivity index (χ1) is 7.76. The van der Waals surface area contributed by atoms with Gasteiger partial charge in [-0.05, 0) is 52.4 Å². The van der Waals surface area contributed by atoms with Crippen LogP contribution in [0.2, 0.25) is 0 Å². The molecule has 0 aromatic heterocycles. The number of carbonyl (C=O) groups excluding carboxylic acids is 1. The Bertz CT molecular complexity index is 262. The molecule has 1 aliphatic rings. The quantitative estimate of drug-likeness (QED) is 0.611. The van der Waals surface area contributed by atoms with Gasteiger partial charge in [-0.3, -0.25) is 9.63 Å². The van der Waals surface area contributed by atoms with Gasteiger partial charge in [-0.15, -0.1) is 0 Å². The molecule has 4 nitrogen and oxygen atoms in total. The molecule has 2 N–H and O–H groups in total. The van der Waals surface area contributed by atoms with Crippen LogP contribution in [0.5, 0.6) is 0 Å². The summed E-state index contributed by atoms with van der Waals surface area (Å²) in [5.74, 6) is 5.86. The Balaban J connectivity index is 2.54. The van der Waals surface area contributed by atoms with Crippen molar-refractivity contribution in [2.45, 2.75) is 71.0 Å². The third kappa shape index (κ3) is 4.64. The maximum absolute atomic E-state index is 11.8. The summed E-state index contributed by atoms with van der Waals surface area (Å²) in [5, 5.41) is 0. The molecule has 1 rings (SSSR count). The molecule has 0 spiro atoms. The molecule has 0 atom stereocenters. The van der Waals surface area contributed by atoms with Crippen molar-refractivity contribution in [3.8, 4) is 0 Å². The predicted molar refractivity (Wildman–Crippen MR) is 66.1 cm³/mol. The van der Waals surface area contributed by atoms with E-state index in [0.717, 1.165) is 25.7 Å². The van der Waals surface area contributed by atoms with E-state index in [1.807, 2.05) is 20.8 Å². The zero-order chi connectivity index (χ0) is 13.1. The fourth-order valence-corrected chi connectivity index (χ4v) is 2.27. The highest BCUT2D eigenvalue weighted by molar-refractivity contribution is 5.71. The second kappa shape index (κ2) is 5.36. The van der Waals surface area contributed by atoms with Gasteiger partial charge in [0.05, 0.1) is 12.0 Å². The van der Waals surface area contributed by atoms with Crippen LogP contribution in [-0.4, -0.2) is 17.2 Å².